The molecule has 1 aromatic rings. The van der Waals surface area contributed by atoms with Gasteiger partial charge in [-0.1, -0.05) is 0 Å². The number of rotatable bonds is 3. The fourth-order valence-electron chi connectivity index (χ4n) is 0.925. The molecule has 1 rings (SSSR count). The highest BCUT2D eigenvalue weighted by Crippen LogP contribution is 2.04. The predicted octanol–water partition coefficient (Wildman–Crippen LogP) is -0.224. The van der Waals surface area contributed by atoms with Gasteiger partial charge in [0.15, 0.2) is 6.04 Å². The molecular weight excluding hydrogens is 158 g/mol. The van der Waals surface area contributed by atoms with E-state index in [2.05, 4.69) is 5.10 Å². The lowest BCUT2D eigenvalue weighted by molar-refractivity contribution is -0.140. The fourth-order valence-corrected chi connectivity index (χ4v) is 0.925. The number of carboxylic acids is 1. The minimum Gasteiger partial charge on any atom is -0.480 e. The second-order valence-corrected chi connectivity index (χ2v) is 2.59. The molecule has 0 fully saturated rings. The molecule has 5 heteroatoms. The summed E-state index contributed by atoms with van der Waals surface area (Å²) in [6, 6.07) is -0.751. The van der Waals surface area contributed by atoms with Gasteiger partial charge in [-0.15, -0.1) is 0 Å². The van der Waals surface area contributed by atoms with Crippen LogP contribution in [-0.2, 0) is 4.79 Å². The van der Waals surface area contributed by atoms with Crippen LogP contribution in [0.4, 0.5) is 0 Å². The van der Waals surface area contributed by atoms with Crippen LogP contribution < -0.4 is 5.73 Å². The van der Waals surface area contributed by atoms with Gasteiger partial charge in [0.1, 0.15) is 0 Å². The van der Waals surface area contributed by atoms with E-state index in [9.17, 15) is 4.79 Å². The first-order chi connectivity index (χ1) is 5.65. The first-order valence-electron chi connectivity index (χ1n) is 3.58. The van der Waals surface area contributed by atoms with Crippen LogP contribution in [0.5, 0.6) is 0 Å². The molecule has 0 aromatic carbocycles. The molecule has 0 saturated carbocycles. The standard InChI is InChI=1S/C7H11N3O2/c1-5-3-9-10(4-5)6(2-8)7(11)12/h3-4,6H,2,8H2,1H3,(H,11,12). The van der Waals surface area contributed by atoms with Crippen LogP contribution in [0, 0.1) is 6.92 Å². The van der Waals surface area contributed by atoms with Crippen LogP contribution in [0.25, 0.3) is 0 Å². The van der Waals surface area contributed by atoms with E-state index >= 15 is 0 Å². The van der Waals surface area contributed by atoms with E-state index in [4.69, 9.17) is 10.8 Å². The zero-order chi connectivity index (χ0) is 9.14. The van der Waals surface area contributed by atoms with Gasteiger partial charge in [0.05, 0.1) is 6.20 Å². The Morgan fingerprint density at radius 1 is 1.92 bits per heavy atom. The van der Waals surface area contributed by atoms with Crippen LogP contribution >= 0.6 is 0 Å². The van der Waals surface area contributed by atoms with Crippen molar-refractivity contribution in [3.63, 3.8) is 0 Å². The molecule has 12 heavy (non-hydrogen) atoms. The SMILES string of the molecule is Cc1cnn(C(CN)C(=O)O)c1. The molecule has 0 bridgehead atoms. The van der Waals surface area contributed by atoms with Crippen molar-refractivity contribution in [3.8, 4) is 0 Å². The van der Waals surface area contributed by atoms with Gasteiger partial charge in [-0.2, -0.15) is 5.10 Å². The zero-order valence-corrected chi connectivity index (χ0v) is 6.77. The Balaban J connectivity index is 2.87. The highest BCUT2D eigenvalue weighted by atomic mass is 16.4. The lowest BCUT2D eigenvalue weighted by Crippen LogP contribution is -2.27. The van der Waals surface area contributed by atoms with Crippen molar-refractivity contribution in [2.75, 3.05) is 6.54 Å². The maximum atomic E-state index is 10.6. The molecule has 1 heterocycles. The Kier molecular flexibility index (Phi) is 2.44. The Bertz CT molecular complexity index is 282. The summed E-state index contributed by atoms with van der Waals surface area (Å²) in [6.07, 6.45) is 3.26. The van der Waals surface area contributed by atoms with Crippen molar-refractivity contribution in [3.05, 3.63) is 18.0 Å². The molecule has 1 aromatic heterocycles. The van der Waals surface area contributed by atoms with Crippen LogP contribution in [0.3, 0.4) is 0 Å². The third-order valence-corrected chi connectivity index (χ3v) is 1.56. The van der Waals surface area contributed by atoms with Crippen LogP contribution in [0.2, 0.25) is 0 Å². The van der Waals surface area contributed by atoms with Gasteiger partial charge in [-0.05, 0) is 12.5 Å². The summed E-state index contributed by atoms with van der Waals surface area (Å²) in [5.74, 6) is -0.958. The van der Waals surface area contributed by atoms with E-state index in [0.717, 1.165) is 5.56 Å². The van der Waals surface area contributed by atoms with Gasteiger partial charge in [-0.3, -0.25) is 4.68 Å². The van der Waals surface area contributed by atoms with Crippen molar-refractivity contribution >= 4 is 5.97 Å². The lowest BCUT2D eigenvalue weighted by Gasteiger charge is -2.08. The summed E-state index contributed by atoms with van der Waals surface area (Å²) in [4.78, 5) is 10.6. The number of aromatic nitrogens is 2. The molecule has 0 aliphatic heterocycles. The number of hydrogen-bond donors (Lipinski definition) is 2. The third kappa shape index (κ3) is 1.62. The Morgan fingerprint density at radius 3 is 2.92 bits per heavy atom. The summed E-state index contributed by atoms with van der Waals surface area (Å²) < 4.78 is 1.36. The van der Waals surface area contributed by atoms with Crippen molar-refractivity contribution < 1.29 is 9.90 Å². The quantitative estimate of drug-likeness (QED) is 0.655. The predicted molar refractivity (Wildman–Crippen MR) is 42.7 cm³/mol. The van der Waals surface area contributed by atoms with Gasteiger partial charge in [0, 0.05) is 12.7 Å². The molecular formula is C7H11N3O2. The molecule has 66 valence electrons. The van der Waals surface area contributed by atoms with E-state index in [1.54, 1.807) is 12.4 Å². The Hall–Kier alpha value is -1.36. The van der Waals surface area contributed by atoms with Gasteiger partial charge in [0.2, 0.25) is 0 Å². The fraction of sp³-hybridized carbons (Fsp3) is 0.429. The smallest absolute Gasteiger partial charge is 0.329 e. The normalized spacial score (nSPS) is 12.8. The Labute approximate surface area is 69.8 Å². The van der Waals surface area contributed by atoms with Crippen LogP contribution in [0.1, 0.15) is 11.6 Å². The number of nitrogens with zero attached hydrogens (tertiary/aromatic N) is 2. The summed E-state index contributed by atoms with van der Waals surface area (Å²) in [5.41, 5.74) is 6.20. The van der Waals surface area contributed by atoms with Crippen LogP contribution in [-0.4, -0.2) is 27.4 Å². The Morgan fingerprint density at radius 2 is 2.58 bits per heavy atom. The summed E-state index contributed by atoms with van der Waals surface area (Å²) in [7, 11) is 0. The number of nitrogens with two attached hydrogens (primary N) is 1. The van der Waals surface area contributed by atoms with E-state index in [1.165, 1.54) is 4.68 Å². The maximum Gasteiger partial charge on any atom is 0.329 e. The average Bonchev–Trinajstić information content (AvgIpc) is 2.37. The first-order valence-corrected chi connectivity index (χ1v) is 3.58. The number of carboxylic acid groups (broad SMARTS) is 1. The molecule has 0 radical (unpaired) electrons. The summed E-state index contributed by atoms with van der Waals surface area (Å²) in [6.45, 7) is 1.90. The minimum atomic E-state index is -0.958. The van der Waals surface area contributed by atoms with Crippen LogP contribution in [0.15, 0.2) is 12.4 Å². The maximum absolute atomic E-state index is 10.6. The van der Waals surface area contributed by atoms with E-state index in [-0.39, 0.29) is 6.54 Å². The first kappa shape index (κ1) is 8.73. The number of carbonyl (C=O) groups is 1. The molecule has 0 aliphatic rings. The topological polar surface area (TPSA) is 81.1 Å². The minimum absolute atomic E-state index is 0.0520. The second-order valence-electron chi connectivity index (χ2n) is 2.59. The van der Waals surface area contributed by atoms with E-state index < -0.39 is 12.0 Å². The van der Waals surface area contributed by atoms with Gasteiger partial charge < -0.3 is 10.8 Å². The van der Waals surface area contributed by atoms with Gasteiger partial charge in [0.25, 0.3) is 0 Å². The van der Waals surface area contributed by atoms with Crippen molar-refractivity contribution in [1.29, 1.82) is 0 Å². The van der Waals surface area contributed by atoms with Crippen molar-refractivity contribution in [2.45, 2.75) is 13.0 Å². The third-order valence-electron chi connectivity index (χ3n) is 1.56. The van der Waals surface area contributed by atoms with Crippen molar-refractivity contribution in [1.82, 2.24) is 9.78 Å². The van der Waals surface area contributed by atoms with Crippen molar-refractivity contribution in [2.24, 2.45) is 5.73 Å². The molecule has 1 atom stereocenters. The number of aryl methyl sites for hydroxylation is 1. The molecule has 0 aliphatic carbocycles. The monoisotopic (exact) mass is 169 g/mol. The summed E-state index contributed by atoms with van der Waals surface area (Å²) in [5, 5.41) is 12.6. The highest BCUT2D eigenvalue weighted by Gasteiger charge is 2.17. The zero-order valence-electron chi connectivity index (χ0n) is 6.77. The molecule has 1 unspecified atom stereocenters. The second kappa shape index (κ2) is 3.36. The van der Waals surface area contributed by atoms with Gasteiger partial charge in [-0.25, -0.2) is 4.79 Å². The summed E-state index contributed by atoms with van der Waals surface area (Å²) >= 11 is 0. The largest absolute Gasteiger partial charge is 0.480 e. The number of hydrogen-bond acceptors (Lipinski definition) is 3. The van der Waals surface area contributed by atoms with E-state index in [0.29, 0.717) is 0 Å². The lowest BCUT2D eigenvalue weighted by atomic mass is 10.3. The highest BCUT2D eigenvalue weighted by molar-refractivity contribution is 5.71. The van der Waals surface area contributed by atoms with Gasteiger partial charge >= 0.3 is 5.97 Å². The average molecular weight is 169 g/mol. The molecule has 3 N–H and O–H groups in total. The van der Waals surface area contributed by atoms with E-state index in [1.807, 2.05) is 6.92 Å². The molecule has 5 nitrogen and oxygen atoms in total. The molecule has 0 spiro atoms. The number of aliphatic carboxylic acids is 1. The molecule has 0 amide bonds. The molecule has 0 saturated heterocycles.